The molecule has 5 nitrogen and oxygen atoms in total. The number of nitrogens with zero attached hydrogens (tertiary/aromatic N) is 1. The van der Waals surface area contributed by atoms with Gasteiger partial charge in [0.25, 0.3) is 11.7 Å². The molecule has 6 heteroatoms. The van der Waals surface area contributed by atoms with Crippen molar-refractivity contribution in [2.75, 3.05) is 12.0 Å². The Morgan fingerprint density at radius 1 is 1.00 bits per heavy atom. The number of aliphatic hydroxyl groups excluding tert-OH is 1. The number of ether oxygens (including phenoxy) is 1. The van der Waals surface area contributed by atoms with E-state index in [2.05, 4.69) is 0 Å². The summed E-state index contributed by atoms with van der Waals surface area (Å²) in [5, 5.41) is 11.6. The van der Waals surface area contributed by atoms with Crippen molar-refractivity contribution in [3.63, 3.8) is 0 Å². The number of ketones is 1. The van der Waals surface area contributed by atoms with Crippen LogP contribution in [0.2, 0.25) is 5.02 Å². The fraction of sp³-hybridized carbons (Fsp3) is 0.120. The standard InChI is InChI=1S/C25H20ClNO4/c1-15-5-3-6-17(13-15)22-21(23(28)16-9-11-18(26)12-10-16)24(29)25(30)27(22)19-7-4-8-20(14-19)31-2/h3-14,22,28H,1-2H3/b23-21+. The molecule has 1 fully saturated rings. The lowest BCUT2D eigenvalue weighted by Gasteiger charge is -2.26. The van der Waals surface area contributed by atoms with Crippen LogP contribution in [-0.2, 0) is 9.59 Å². The summed E-state index contributed by atoms with van der Waals surface area (Å²) >= 11 is 5.96. The second kappa shape index (κ2) is 8.28. The molecule has 1 saturated heterocycles. The van der Waals surface area contributed by atoms with Gasteiger partial charge in [0.2, 0.25) is 0 Å². The van der Waals surface area contributed by atoms with Gasteiger partial charge in [0.15, 0.2) is 0 Å². The molecule has 0 aromatic heterocycles. The molecule has 0 bridgehead atoms. The number of anilines is 1. The number of carbonyl (C=O) groups is 2. The van der Waals surface area contributed by atoms with Gasteiger partial charge < -0.3 is 9.84 Å². The van der Waals surface area contributed by atoms with E-state index in [9.17, 15) is 14.7 Å². The Labute approximate surface area is 185 Å². The number of Topliss-reactive ketones (excluding diaryl/α,β-unsaturated/α-hetero) is 1. The molecule has 1 N–H and O–H groups in total. The maximum absolute atomic E-state index is 13.1. The molecule has 31 heavy (non-hydrogen) atoms. The number of carbonyl (C=O) groups excluding carboxylic acids is 2. The van der Waals surface area contributed by atoms with Gasteiger partial charge in [-0.05, 0) is 48.9 Å². The summed E-state index contributed by atoms with van der Waals surface area (Å²) in [5.41, 5.74) is 2.63. The maximum Gasteiger partial charge on any atom is 0.300 e. The highest BCUT2D eigenvalue weighted by molar-refractivity contribution is 6.51. The summed E-state index contributed by atoms with van der Waals surface area (Å²) in [4.78, 5) is 27.7. The minimum Gasteiger partial charge on any atom is -0.507 e. The summed E-state index contributed by atoms with van der Waals surface area (Å²) in [6.45, 7) is 1.93. The van der Waals surface area contributed by atoms with Crippen LogP contribution in [-0.4, -0.2) is 23.9 Å². The Hall–Kier alpha value is -3.57. The molecular formula is C25H20ClNO4. The molecule has 156 valence electrons. The molecule has 0 spiro atoms. The Morgan fingerprint density at radius 3 is 2.39 bits per heavy atom. The number of aryl methyl sites for hydroxylation is 1. The quantitative estimate of drug-likeness (QED) is 0.345. The maximum atomic E-state index is 13.1. The zero-order valence-electron chi connectivity index (χ0n) is 17.0. The number of rotatable bonds is 4. The van der Waals surface area contributed by atoms with Crippen molar-refractivity contribution < 1.29 is 19.4 Å². The van der Waals surface area contributed by atoms with E-state index in [-0.39, 0.29) is 11.3 Å². The zero-order chi connectivity index (χ0) is 22.1. The molecule has 1 heterocycles. The summed E-state index contributed by atoms with van der Waals surface area (Å²) in [5.74, 6) is -1.15. The third-order valence-corrected chi connectivity index (χ3v) is 5.50. The Morgan fingerprint density at radius 2 is 1.71 bits per heavy atom. The van der Waals surface area contributed by atoms with Crippen molar-refractivity contribution in [2.24, 2.45) is 0 Å². The first-order valence-corrected chi connectivity index (χ1v) is 10.1. The fourth-order valence-corrected chi connectivity index (χ4v) is 3.90. The van der Waals surface area contributed by atoms with Crippen molar-refractivity contribution in [1.29, 1.82) is 0 Å². The Balaban J connectivity index is 1.95. The minimum absolute atomic E-state index is 0.0285. The average Bonchev–Trinajstić information content (AvgIpc) is 3.04. The van der Waals surface area contributed by atoms with Gasteiger partial charge in [0.05, 0.1) is 18.7 Å². The highest BCUT2D eigenvalue weighted by Crippen LogP contribution is 2.43. The van der Waals surface area contributed by atoms with E-state index in [4.69, 9.17) is 16.3 Å². The van der Waals surface area contributed by atoms with Crippen LogP contribution in [0, 0.1) is 6.92 Å². The van der Waals surface area contributed by atoms with Gasteiger partial charge in [-0.3, -0.25) is 14.5 Å². The van der Waals surface area contributed by atoms with Crippen molar-refractivity contribution >= 4 is 34.7 Å². The molecule has 4 rings (SSSR count). The van der Waals surface area contributed by atoms with Gasteiger partial charge in [0, 0.05) is 22.3 Å². The first-order chi connectivity index (χ1) is 14.9. The molecule has 0 saturated carbocycles. The molecular weight excluding hydrogens is 414 g/mol. The average molecular weight is 434 g/mol. The van der Waals surface area contributed by atoms with E-state index < -0.39 is 17.7 Å². The van der Waals surface area contributed by atoms with Crippen LogP contribution in [0.3, 0.4) is 0 Å². The molecule has 0 radical (unpaired) electrons. The summed E-state index contributed by atoms with van der Waals surface area (Å²) in [6, 6.07) is 20.2. The molecule has 3 aromatic rings. The fourth-order valence-electron chi connectivity index (χ4n) is 3.78. The number of aliphatic hydroxyl groups is 1. The summed E-state index contributed by atoms with van der Waals surface area (Å²) < 4.78 is 5.29. The van der Waals surface area contributed by atoms with Crippen LogP contribution in [0.1, 0.15) is 22.7 Å². The van der Waals surface area contributed by atoms with Crippen molar-refractivity contribution in [1.82, 2.24) is 0 Å². The smallest absolute Gasteiger partial charge is 0.300 e. The number of hydrogen-bond donors (Lipinski definition) is 1. The zero-order valence-corrected chi connectivity index (χ0v) is 17.8. The van der Waals surface area contributed by atoms with Crippen molar-refractivity contribution in [3.8, 4) is 5.75 Å². The first kappa shape index (κ1) is 20.7. The summed E-state index contributed by atoms with van der Waals surface area (Å²) in [6.07, 6.45) is 0. The lowest BCUT2D eigenvalue weighted by molar-refractivity contribution is -0.132. The molecule has 1 amide bonds. The van der Waals surface area contributed by atoms with Crippen LogP contribution < -0.4 is 9.64 Å². The van der Waals surface area contributed by atoms with Gasteiger partial charge in [-0.25, -0.2) is 0 Å². The van der Waals surface area contributed by atoms with E-state index >= 15 is 0 Å². The number of methoxy groups -OCH3 is 1. The third kappa shape index (κ3) is 3.80. The first-order valence-electron chi connectivity index (χ1n) is 9.68. The lowest BCUT2D eigenvalue weighted by atomic mass is 9.94. The van der Waals surface area contributed by atoms with Gasteiger partial charge in [0.1, 0.15) is 11.5 Å². The molecule has 3 aromatic carbocycles. The SMILES string of the molecule is COc1cccc(N2C(=O)C(=O)/C(=C(/O)c3ccc(Cl)cc3)C2c2cccc(C)c2)c1. The molecule has 1 unspecified atom stereocenters. The van der Waals surface area contributed by atoms with Gasteiger partial charge in [-0.1, -0.05) is 47.5 Å². The molecule has 1 atom stereocenters. The van der Waals surface area contributed by atoms with E-state index in [1.807, 2.05) is 31.2 Å². The van der Waals surface area contributed by atoms with Crippen molar-refractivity contribution in [2.45, 2.75) is 13.0 Å². The highest BCUT2D eigenvalue weighted by Gasteiger charge is 2.47. The van der Waals surface area contributed by atoms with Gasteiger partial charge >= 0.3 is 0 Å². The minimum atomic E-state index is -0.789. The van der Waals surface area contributed by atoms with Crippen LogP contribution in [0.5, 0.6) is 5.75 Å². The third-order valence-electron chi connectivity index (χ3n) is 5.25. The van der Waals surface area contributed by atoms with Gasteiger partial charge in [-0.15, -0.1) is 0 Å². The number of halogens is 1. The number of amides is 1. The van der Waals surface area contributed by atoms with Crippen LogP contribution in [0.4, 0.5) is 5.69 Å². The van der Waals surface area contributed by atoms with E-state index in [1.54, 1.807) is 48.5 Å². The largest absolute Gasteiger partial charge is 0.507 e. The lowest BCUT2D eigenvalue weighted by Crippen LogP contribution is -2.29. The van der Waals surface area contributed by atoms with Crippen LogP contribution in [0.15, 0.2) is 78.4 Å². The van der Waals surface area contributed by atoms with Crippen molar-refractivity contribution in [3.05, 3.63) is 100 Å². The molecule has 0 aliphatic carbocycles. The molecule has 1 aliphatic rings. The van der Waals surface area contributed by atoms with Gasteiger partial charge in [-0.2, -0.15) is 0 Å². The molecule has 1 aliphatic heterocycles. The monoisotopic (exact) mass is 433 g/mol. The van der Waals surface area contributed by atoms with Crippen LogP contribution in [0.25, 0.3) is 5.76 Å². The highest BCUT2D eigenvalue weighted by atomic mass is 35.5. The number of benzene rings is 3. The predicted molar refractivity (Wildman–Crippen MR) is 120 cm³/mol. The topological polar surface area (TPSA) is 66.8 Å². The summed E-state index contributed by atoms with van der Waals surface area (Å²) in [7, 11) is 1.53. The second-order valence-electron chi connectivity index (χ2n) is 7.29. The predicted octanol–water partition coefficient (Wildman–Crippen LogP) is 5.28. The van der Waals surface area contributed by atoms with E-state index in [1.165, 1.54) is 12.0 Å². The van der Waals surface area contributed by atoms with E-state index in [0.717, 1.165) is 11.1 Å². The second-order valence-corrected chi connectivity index (χ2v) is 7.73. The Bertz CT molecular complexity index is 1200. The number of hydrogen-bond acceptors (Lipinski definition) is 4. The van der Waals surface area contributed by atoms with Crippen LogP contribution >= 0.6 is 11.6 Å². The normalized spacial score (nSPS) is 17.8. The Kier molecular flexibility index (Phi) is 5.53. The van der Waals surface area contributed by atoms with E-state index in [0.29, 0.717) is 22.0 Å².